The van der Waals surface area contributed by atoms with Gasteiger partial charge in [0.1, 0.15) is 18.2 Å². The largest absolute Gasteiger partial charge is 0.476 e. The molecule has 6 heterocycles. The molecule has 1 aromatic carbocycles. The first-order chi connectivity index (χ1) is 18.0. The van der Waals surface area contributed by atoms with Crippen molar-refractivity contribution in [3.8, 4) is 17.1 Å². The minimum absolute atomic E-state index is 0.116. The average Bonchev–Trinajstić information content (AvgIpc) is 3.56. The molecule has 0 spiro atoms. The molecule has 2 unspecified atom stereocenters. The second kappa shape index (κ2) is 8.96. The van der Waals surface area contributed by atoms with Crippen LogP contribution in [0.5, 0.6) is 5.88 Å². The van der Waals surface area contributed by atoms with Crippen LogP contribution in [0.3, 0.4) is 0 Å². The Hall–Kier alpha value is -2.68. The summed E-state index contributed by atoms with van der Waals surface area (Å²) in [6, 6.07) is 9.26. The number of rotatable bonds is 5. The first kappa shape index (κ1) is 23.4. The number of hydrogen-bond acceptors (Lipinski definition) is 7. The lowest BCUT2D eigenvalue weighted by atomic mass is 9.95. The summed E-state index contributed by atoms with van der Waals surface area (Å²) < 4.78 is 21.3. The molecule has 4 fully saturated rings. The van der Waals surface area contributed by atoms with E-state index in [1.165, 1.54) is 44.6 Å². The van der Waals surface area contributed by atoms with Crippen LogP contribution < -0.4 is 20.7 Å². The van der Waals surface area contributed by atoms with Crippen LogP contribution in [0.4, 0.5) is 15.9 Å². The van der Waals surface area contributed by atoms with Crippen LogP contribution in [0.2, 0.25) is 5.02 Å². The third-order valence-corrected chi connectivity index (χ3v) is 9.11. The quantitative estimate of drug-likeness (QED) is 0.473. The number of pyridine rings is 2. The first-order valence-corrected chi connectivity index (χ1v) is 13.8. The van der Waals surface area contributed by atoms with Gasteiger partial charge in [-0.3, -0.25) is 4.90 Å². The minimum atomic E-state index is -0.445. The Morgan fingerprint density at radius 1 is 1.11 bits per heavy atom. The van der Waals surface area contributed by atoms with Crippen LogP contribution >= 0.6 is 11.6 Å². The molecular formula is C28H32ClFN6O. The van der Waals surface area contributed by atoms with Gasteiger partial charge in [0.15, 0.2) is 0 Å². The van der Waals surface area contributed by atoms with Crippen molar-refractivity contribution in [2.24, 2.45) is 0 Å². The highest BCUT2D eigenvalue weighted by Gasteiger charge is 2.45. The molecule has 0 amide bonds. The zero-order valence-electron chi connectivity index (χ0n) is 20.9. The van der Waals surface area contributed by atoms with Crippen molar-refractivity contribution in [3.05, 3.63) is 41.2 Å². The minimum Gasteiger partial charge on any atom is -0.476 e. The van der Waals surface area contributed by atoms with Gasteiger partial charge in [-0.1, -0.05) is 17.7 Å². The summed E-state index contributed by atoms with van der Waals surface area (Å²) in [5.41, 5.74) is 7.82. The van der Waals surface area contributed by atoms with Crippen molar-refractivity contribution in [3.63, 3.8) is 0 Å². The second-order valence-electron chi connectivity index (χ2n) is 11.1. The Balaban J connectivity index is 1.32. The second-order valence-corrected chi connectivity index (χ2v) is 11.5. The summed E-state index contributed by atoms with van der Waals surface area (Å²) in [5.74, 6) is 0.948. The summed E-state index contributed by atoms with van der Waals surface area (Å²) in [4.78, 5) is 14.8. The van der Waals surface area contributed by atoms with Crippen molar-refractivity contribution in [2.75, 3.05) is 43.4 Å². The Labute approximate surface area is 221 Å². The van der Waals surface area contributed by atoms with Gasteiger partial charge in [0, 0.05) is 42.3 Å². The summed E-state index contributed by atoms with van der Waals surface area (Å²) in [6.07, 6.45) is 7.11. The highest BCUT2D eigenvalue weighted by molar-refractivity contribution is 6.34. The van der Waals surface area contributed by atoms with E-state index in [-0.39, 0.29) is 11.1 Å². The predicted octanol–water partition coefficient (Wildman–Crippen LogP) is 4.62. The normalized spacial score (nSPS) is 24.6. The van der Waals surface area contributed by atoms with Crippen LogP contribution in [0, 0.1) is 5.82 Å². The molecule has 37 heavy (non-hydrogen) atoms. The Kier molecular flexibility index (Phi) is 5.68. The maximum Gasteiger partial charge on any atom is 0.217 e. The van der Waals surface area contributed by atoms with Gasteiger partial charge < -0.3 is 20.7 Å². The van der Waals surface area contributed by atoms with E-state index in [2.05, 4.69) is 15.1 Å². The molecule has 0 saturated carbocycles. The van der Waals surface area contributed by atoms with Crippen molar-refractivity contribution < 1.29 is 9.13 Å². The first-order valence-electron chi connectivity index (χ1n) is 13.4. The number of hydrogen-bond donors (Lipinski definition) is 2. The molecule has 3 N–H and O–H groups in total. The van der Waals surface area contributed by atoms with Crippen LogP contribution in [0.25, 0.3) is 22.2 Å². The van der Waals surface area contributed by atoms with Gasteiger partial charge >= 0.3 is 0 Å². The molecular weight excluding hydrogens is 491 g/mol. The van der Waals surface area contributed by atoms with Crippen molar-refractivity contribution in [2.45, 2.75) is 56.1 Å². The zero-order valence-corrected chi connectivity index (χ0v) is 21.6. The van der Waals surface area contributed by atoms with Gasteiger partial charge in [-0.2, -0.15) is 4.98 Å². The van der Waals surface area contributed by atoms with Crippen molar-refractivity contribution >= 4 is 34.0 Å². The lowest BCUT2D eigenvalue weighted by Crippen LogP contribution is -2.51. The van der Waals surface area contributed by atoms with Gasteiger partial charge in [-0.25, -0.2) is 9.37 Å². The Morgan fingerprint density at radius 3 is 2.59 bits per heavy atom. The molecule has 2 atom stereocenters. The molecule has 4 aliphatic heterocycles. The molecule has 0 aliphatic carbocycles. The monoisotopic (exact) mass is 522 g/mol. The van der Waals surface area contributed by atoms with Crippen LogP contribution in [0.1, 0.15) is 38.5 Å². The number of nitrogen functional groups attached to an aromatic ring is 1. The number of halogens is 2. The Morgan fingerprint density at radius 2 is 1.86 bits per heavy atom. The van der Waals surface area contributed by atoms with Crippen LogP contribution in [-0.2, 0) is 0 Å². The number of nitrogens with one attached hydrogen (secondary N) is 1. The van der Waals surface area contributed by atoms with Gasteiger partial charge in [0.2, 0.25) is 5.88 Å². The van der Waals surface area contributed by atoms with Gasteiger partial charge in [0.05, 0.1) is 27.3 Å². The third-order valence-electron chi connectivity index (χ3n) is 8.82. The van der Waals surface area contributed by atoms with E-state index in [0.717, 1.165) is 37.4 Å². The average molecular weight is 523 g/mol. The number of anilines is 2. The smallest absolute Gasteiger partial charge is 0.217 e. The molecule has 194 valence electrons. The maximum atomic E-state index is 14.8. The maximum absolute atomic E-state index is 14.8. The fourth-order valence-corrected chi connectivity index (χ4v) is 7.27. The van der Waals surface area contributed by atoms with Gasteiger partial charge in [-0.05, 0) is 69.8 Å². The van der Waals surface area contributed by atoms with Crippen LogP contribution in [-0.4, -0.2) is 65.3 Å². The summed E-state index contributed by atoms with van der Waals surface area (Å²) in [7, 11) is 0. The summed E-state index contributed by atoms with van der Waals surface area (Å²) in [6.45, 7) is 4.67. The Bertz CT molecular complexity index is 1330. The van der Waals surface area contributed by atoms with Crippen LogP contribution in [0.15, 0.2) is 30.3 Å². The number of ether oxygens (including phenoxy) is 1. The van der Waals surface area contributed by atoms with E-state index in [0.29, 0.717) is 46.5 Å². The molecule has 7 rings (SSSR count). The molecule has 9 heteroatoms. The standard InChI is InChI=1S/C28H32ClFN6O/c29-20-12-19-23(33-26(20)25-21(30)4-1-5-22(25)31)13-24(37-16-28-8-2-10-36(28)11-3-9-28)34-27(19)35-14-17-6-7-18(15-35)32-17/h1,4-5,12-13,17-18,32H,2-3,6-11,14-16,31H2. The highest BCUT2D eigenvalue weighted by atomic mass is 35.5. The van der Waals surface area contributed by atoms with E-state index >= 15 is 0 Å². The number of piperazine rings is 1. The fourth-order valence-electron chi connectivity index (χ4n) is 7.03. The molecule has 3 aromatic rings. The summed E-state index contributed by atoms with van der Waals surface area (Å²) >= 11 is 6.73. The molecule has 2 bridgehead atoms. The number of aromatic nitrogens is 2. The topological polar surface area (TPSA) is 79.5 Å². The highest BCUT2D eigenvalue weighted by Crippen LogP contribution is 2.41. The lowest BCUT2D eigenvalue weighted by Gasteiger charge is -2.35. The number of nitrogens with zero attached hydrogens (tertiary/aromatic N) is 4. The SMILES string of the molecule is Nc1cccc(F)c1-c1nc2cc(OCC34CCCN3CCC4)nc(N3CC4CCC(C3)N4)c2cc1Cl. The molecule has 4 saturated heterocycles. The van der Waals surface area contributed by atoms with E-state index < -0.39 is 5.82 Å². The predicted molar refractivity (Wildman–Crippen MR) is 145 cm³/mol. The van der Waals surface area contributed by atoms with Gasteiger partial charge in [0.25, 0.3) is 0 Å². The van der Waals surface area contributed by atoms with Crippen molar-refractivity contribution in [1.29, 1.82) is 0 Å². The molecule has 0 radical (unpaired) electrons. The molecule has 2 aromatic heterocycles. The molecule has 4 aliphatic rings. The fraction of sp³-hybridized carbons (Fsp3) is 0.500. The van der Waals surface area contributed by atoms with E-state index in [1.54, 1.807) is 12.1 Å². The van der Waals surface area contributed by atoms with E-state index in [9.17, 15) is 4.39 Å². The number of nitrogens with two attached hydrogens (primary N) is 1. The number of benzene rings is 1. The zero-order chi connectivity index (χ0) is 25.1. The number of fused-ring (bicyclic) bond motifs is 4. The van der Waals surface area contributed by atoms with Gasteiger partial charge in [-0.15, -0.1) is 0 Å². The van der Waals surface area contributed by atoms with E-state index in [4.69, 9.17) is 32.0 Å². The summed E-state index contributed by atoms with van der Waals surface area (Å²) in [5, 5.41) is 4.89. The van der Waals surface area contributed by atoms with E-state index in [1.807, 2.05) is 12.1 Å². The lowest BCUT2D eigenvalue weighted by molar-refractivity contribution is 0.111. The molecule has 7 nitrogen and oxygen atoms in total. The third kappa shape index (κ3) is 4.01. The van der Waals surface area contributed by atoms with Crippen molar-refractivity contribution in [1.82, 2.24) is 20.2 Å².